The molecule has 0 atom stereocenters. The SMILES string of the molecule is CC1(CC(=O)NN=Cc2ccc3c(c2)OCO3)OCCO1. The van der Waals surface area contributed by atoms with E-state index in [4.69, 9.17) is 18.9 Å². The van der Waals surface area contributed by atoms with Crippen LogP contribution in [0.15, 0.2) is 23.3 Å². The monoisotopic (exact) mass is 292 g/mol. The van der Waals surface area contributed by atoms with Gasteiger partial charge in [-0.15, -0.1) is 0 Å². The van der Waals surface area contributed by atoms with Crippen molar-refractivity contribution in [2.24, 2.45) is 5.10 Å². The van der Waals surface area contributed by atoms with Crippen LogP contribution in [0.4, 0.5) is 0 Å². The highest BCUT2D eigenvalue weighted by Gasteiger charge is 2.33. The topological polar surface area (TPSA) is 78.4 Å². The van der Waals surface area contributed by atoms with Crippen LogP contribution in [-0.4, -0.2) is 37.9 Å². The summed E-state index contributed by atoms with van der Waals surface area (Å²) < 4.78 is 21.2. The summed E-state index contributed by atoms with van der Waals surface area (Å²) in [4.78, 5) is 11.8. The van der Waals surface area contributed by atoms with Crippen LogP contribution in [0.25, 0.3) is 0 Å². The summed E-state index contributed by atoms with van der Waals surface area (Å²) >= 11 is 0. The van der Waals surface area contributed by atoms with Crippen molar-refractivity contribution in [3.05, 3.63) is 23.8 Å². The molecule has 1 aromatic rings. The molecule has 1 amide bonds. The Bertz CT molecular complexity index is 566. The first-order chi connectivity index (χ1) is 10.1. The predicted molar refractivity (Wildman–Crippen MR) is 73.2 cm³/mol. The van der Waals surface area contributed by atoms with Crippen molar-refractivity contribution in [1.29, 1.82) is 0 Å². The van der Waals surface area contributed by atoms with Crippen LogP contribution in [0, 0.1) is 0 Å². The number of rotatable bonds is 4. The van der Waals surface area contributed by atoms with E-state index in [1.165, 1.54) is 0 Å². The molecule has 21 heavy (non-hydrogen) atoms. The molecule has 1 fully saturated rings. The summed E-state index contributed by atoms with van der Waals surface area (Å²) in [5, 5.41) is 3.91. The standard InChI is InChI=1S/C14H16N2O5/c1-14(20-4-5-21-14)7-13(17)16-15-8-10-2-3-11-12(6-10)19-9-18-11/h2-3,6,8H,4-5,7,9H2,1H3,(H,16,17). The lowest BCUT2D eigenvalue weighted by atomic mass is 10.2. The average molecular weight is 292 g/mol. The molecule has 0 saturated carbocycles. The van der Waals surface area contributed by atoms with E-state index in [0.29, 0.717) is 24.7 Å². The van der Waals surface area contributed by atoms with E-state index >= 15 is 0 Å². The molecule has 1 saturated heterocycles. The number of carbonyl (C=O) groups excluding carboxylic acids is 1. The van der Waals surface area contributed by atoms with E-state index in [-0.39, 0.29) is 19.1 Å². The first kappa shape index (κ1) is 13.8. The lowest BCUT2D eigenvalue weighted by Crippen LogP contribution is -2.33. The molecule has 2 heterocycles. The number of ether oxygens (including phenoxy) is 4. The first-order valence-corrected chi connectivity index (χ1v) is 6.64. The quantitative estimate of drug-likeness (QED) is 0.662. The Balaban J connectivity index is 1.53. The number of benzene rings is 1. The van der Waals surface area contributed by atoms with Gasteiger partial charge in [0, 0.05) is 0 Å². The minimum absolute atomic E-state index is 0.103. The Morgan fingerprint density at radius 1 is 1.33 bits per heavy atom. The number of hydrogen-bond donors (Lipinski definition) is 1. The molecule has 2 aliphatic rings. The second-order valence-corrected chi connectivity index (χ2v) is 4.91. The molecule has 7 heteroatoms. The minimum Gasteiger partial charge on any atom is -0.454 e. The zero-order chi connectivity index (χ0) is 14.7. The fourth-order valence-corrected chi connectivity index (χ4v) is 2.16. The summed E-state index contributed by atoms with van der Waals surface area (Å²) in [6.07, 6.45) is 1.64. The van der Waals surface area contributed by atoms with E-state index in [1.807, 2.05) is 6.07 Å². The second-order valence-electron chi connectivity index (χ2n) is 4.91. The third-order valence-corrected chi connectivity index (χ3v) is 3.18. The highest BCUT2D eigenvalue weighted by Crippen LogP contribution is 2.31. The molecule has 0 aliphatic carbocycles. The summed E-state index contributed by atoms with van der Waals surface area (Å²) in [5.41, 5.74) is 3.25. The van der Waals surface area contributed by atoms with Gasteiger partial charge in [0.25, 0.3) is 0 Å². The normalized spacial score (nSPS) is 19.1. The summed E-state index contributed by atoms with van der Waals surface area (Å²) in [7, 11) is 0. The molecule has 0 radical (unpaired) electrons. The van der Waals surface area contributed by atoms with Crippen molar-refractivity contribution in [3.63, 3.8) is 0 Å². The molecule has 112 valence electrons. The van der Waals surface area contributed by atoms with E-state index in [0.717, 1.165) is 5.56 Å². The van der Waals surface area contributed by atoms with Gasteiger partial charge in [-0.2, -0.15) is 5.10 Å². The smallest absolute Gasteiger partial charge is 0.245 e. The van der Waals surface area contributed by atoms with Gasteiger partial charge in [-0.25, -0.2) is 5.43 Å². The third kappa shape index (κ3) is 3.32. The Labute approximate surface area is 121 Å². The summed E-state index contributed by atoms with van der Waals surface area (Å²) in [5.74, 6) is 0.264. The molecule has 3 rings (SSSR count). The third-order valence-electron chi connectivity index (χ3n) is 3.18. The fourth-order valence-electron chi connectivity index (χ4n) is 2.16. The van der Waals surface area contributed by atoms with E-state index in [9.17, 15) is 4.79 Å². The van der Waals surface area contributed by atoms with Crippen molar-refractivity contribution >= 4 is 12.1 Å². The van der Waals surface area contributed by atoms with E-state index in [2.05, 4.69) is 10.5 Å². The van der Waals surface area contributed by atoms with Crippen LogP contribution in [0.1, 0.15) is 18.9 Å². The van der Waals surface area contributed by atoms with Gasteiger partial charge < -0.3 is 18.9 Å². The number of nitrogens with zero attached hydrogens (tertiary/aromatic N) is 1. The minimum atomic E-state index is -0.849. The lowest BCUT2D eigenvalue weighted by molar-refractivity contribution is -0.159. The lowest BCUT2D eigenvalue weighted by Gasteiger charge is -2.20. The van der Waals surface area contributed by atoms with Crippen LogP contribution in [0.3, 0.4) is 0 Å². The van der Waals surface area contributed by atoms with Gasteiger partial charge >= 0.3 is 0 Å². The molecule has 2 aliphatic heterocycles. The van der Waals surface area contributed by atoms with Crippen LogP contribution in [0.2, 0.25) is 0 Å². The predicted octanol–water partition coefficient (Wildman–Crippen LogP) is 1.02. The Hall–Kier alpha value is -2.12. The van der Waals surface area contributed by atoms with Gasteiger partial charge in [0.2, 0.25) is 12.7 Å². The average Bonchev–Trinajstić information content (AvgIpc) is 3.07. The second kappa shape index (κ2) is 5.71. The highest BCUT2D eigenvalue weighted by atomic mass is 16.7. The van der Waals surface area contributed by atoms with Crippen molar-refractivity contribution < 1.29 is 23.7 Å². The maximum absolute atomic E-state index is 11.8. The van der Waals surface area contributed by atoms with Gasteiger partial charge in [-0.1, -0.05) is 0 Å². The van der Waals surface area contributed by atoms with Crippen LogP contribution in [-0.2, 0) is 14.3 Å². The van der Waals surface area contributed by atoms with Crippen molar-refractivity contribution in [2.45, 2.75) is 19.1 Å². The number of amides is 1. The molecule has 7 nitrogen and oxygen atoms in total. The molecule has 1 N–H and O–H groups in total. The van der Waals surface area contributed by atoms with Crippen molar-refractivity contribution in [2.75, 3.05) is 20.0 Å². The Kier molecular flexibility index (Phi) is 3.76. The number of hydrogen-bond acceptors (Lipinski definition) is 6. The summed E-state index contributed by atoms with van der Waals surface area (Å²) in [6.45, 7) is 2.97. The molecule has 0 aromatic heterocycles. The van der Waals surface area contributed by atoms with Crippen LogP contribution < -0.4 is 14.9 Å². The summed E-state index contributed by atoms with van der Waals surface area (Å²) in [6, 6.07) is 5.42. The Morgan fingerprint density at radius 3 is 2.90 bits per heavy atom. The molecule has 0 bridgehead atoms. The number of carbonyl (C=O) groups is 1. The first-order valence-electron chi connectivity index (χ1n) is 6.64. The number of nitrogens with one attached hydrogen (secondary N) is 1. The molecule has 1 aromatic carbocycles. The number of fused-ring (bicyclic) bond motifs is 1. The van der Waals surface area contributed by atoms with Gasteiger partial charge in [0.05, 0.1) is 25.8 Å². The zero-order valence-electron chi connectivity index (χ0n) is 11.6. The van der Waals surface area contributed by atoms with E-state index < -0.39 is 5.79 Å². The van der Waals surface area contributed by atoms with Crippen LogP contribution in [0.5, 0.6) is 11.5 Å². The number of hydrazone groups is 1. The molecule has 0 spiro atoms. The van der Waals surface area contributed by atoms with Gasteiger partial charge in [-0.05, 0) is 30.7 Å². The van der Waals surface area contributed by atoms with E-state index in [1.54, 1.807) is 25.3 Å². The molecular weight excluding hydrogens is 276 g/mol. The fraction of sp³-hybridized carbons (Fsp3) is 0.429. The van der Waals surface area contributed by atoms with Crippen LogP contribution >= 0.6 is 0 Å². The maximum Gasteiger partial charge on any atom is 0.245 e. The van der Waals surface area contributed by atoms with Gasteiger partial charge in [0.15, 0.2) is 17.3 Å². The molecular formula is C14H16N2O5. The van der Waals surface area contributed by atoms with Crippen molar-refractivity contribution in [3.8, 4) is 11.5 Å². The van der Waals surface area contributed by atoms with Gasteiger partial charge in [0.1, 0.15) is 0 Å². The van der Waals surface area contributed by atoms with Crippen molar-refractivity contribution in [1.82, 2.24) is 5.43 Å². The van der Waals surface area contributed by atoms with Gasteiger partial charge in [-0.3, -0.25) is 4.79 Å². The molecule has 0 unspecified atom stereocenters. The largest absolute Gasteiger partial charge is 0.454 e. The zero-order valence-corrected chi connectivity index (χ0v) is 11.6. The Morgan fingerprint density at radius 2 is 2.10 bits per heavy atom. The maximum atomic E-state index is 11.8. The highest BCUT2D eigenvalue weighted by molar-refractivity contribution is 5.83.